The molecule has 2 rings (SSSR count). The number of carboxylic acid groups (broad SMARTS) is 1. The van der Waals surface area contributed by atoms with Crippen LogP contribution in [0.3, 0.4) is 0 Å². The van der Waals surface area contributed by atoms with E-state index in [1.54, 1.807) is 0 Å². The number of amides is 2. The number of hydrazone groups is 1. The summed E-state index contributed by atoms with van der Waals surface area (Å²) < 4.78 is 0. The summed E-state index contributed by atoms with van der Waals surface area (Å²) in [6, 6.07) is 0. The van der Waals surface area contributed by atoms with E-state index in [1.165, 1.54) is 12.1 Å². The van der Waals surface area contributed by atoms with Gasteiger partial charge in [-0.05, 0) is 19.3 Å². The minimum Gasteiger partial charge on any atom is -0.465 e. The molecule has 0 aromatic carbocycles. The smallest absolute Gasteiger partial charge is 0.407 e. The zero-order valence-electron chi connectivity index (χ0n) is 11.7. The Hall–Kier alpha value is -1.63. The van der Waals surface area contributed by atoms with Crippen LogP contribution in [0.25, 0.3) is 0 Å². The molecule has 0 unspecified atom stereocenters. The summed E-state index contributed by atoms with van der Waals surface area (Å²) in [7, 11) is 1.44. The number of hydrogen-bond donors (Lipinski definition) is 2. The molecule has 112 valence electrons. The lowest BCUT2D eigenvalue weighted by Gasteiger charge is -2.23. The first-order valence-electron chi connectivity index (χ1n) is 6.93. The molecule has 7 heteroatoms. The van der Waals surface area contributed by atoms with E-state index in [1.807, 2.05) is 0 Å². The Morgan fingerprint density at radius 2 is 2.10 bits per heavy atom. The second-order valence-electron chi connectivity index (χ2n) is 5.68. The Morgan fingerprint density at radius 3 is 2.70 bits per heavy atom. The quantitative estimate of drug-likeness (QED) is 0.783. The first kappa shape index (κ1) is 14.8. The molecule has 1 fully saturated rings. The third-order valence-electron chi connectivity index (χ3n) is 3.97. The number of rotatable bonds is 5. The van der Waals surface area contributed by atoms with Crippen LogP contribution in [0.2, 0.25) is 0 Å². The molecule has 0 radical (unpaired) electrons. The van der Waals surface area contributed by atoms with E-state index in [9.17, 15) is 14.7 Å². The summed E-state index contributed by atoms with van der Waals surface area (Å²) in [6.45, 7) is 0.539. The number of carbonyl (C=O) groups is 2. The fraction of sp³-hybridized carbons (Fsp3) is 0.769. The molecule has 2 aliphatic rings. The van der Waals surface area contributed by atoms with E-state index >= 15 is 0 Å². The van der Waals surface area contributed by atoms with Crippen molar-refractivity contribution in [2.24, 2.45) is 5.10 Å². The van der Waals surface area contributed by atoms with Gasteiger partial charge in [-0.25, -0.2) is 9.80 Å². The van der Waals surface area contributed by atoms with Crippen molar-refractivity contribution in [1.82, 2.24) is 9.91 Å². The second kappa shape index (κ2) is 5.78. The van der Waals surface area contributed by atoms with Crippen molar-refractivity contribution in [3.05, 3.63) is 0 Å². The van der Waals surface area contributed by atoms with Gasteiger partial charge in [-0.15, -0.1) is 0 Å². The topological polar surface area (TPSA) is 93.4 Å². The van der Waals surface area contributed by atoms with Gasteiger partial charge in [-0.1, -0.05) is 12.8 Å². The number of carbonyl (C=O) groups excluding carboxylic acids is 1. The molecule has 20 heavy (non-hydrogen) atoms. The highest BCUT2D eigenvalue weighted by Crippen LogP contribution is 2.32. The highest BCUT2D eigenvalue weighted by Gasteiger charge is 2.33. The third kappa shape index (κ3) is 3.47. The molecule has 1 heterocycles. The molecule has 1 aliphatic carbocycles. The Kier molecular flexibility index (Phi) is 4.27. The number of nitrogens with zero attached hydrogens (tertiary/aromatic N) is 3. The van der Waals surface area contributed by atoms with Crippen molar-refractivity contribution < 1.29 is 19.8 Å². The largest absolute Gasteiger partial charge is 0.465 e. The SMILES string of the molecule is CN(CC1=NN(CCC2(O)CCCC2)C(=O)C1)C(=O)O. The Bertz CT molecular complexity index is 429. The molecule has 2 amide bonds. The van der Waals surface area contributed by atoms with Crippen LogP contribution in [-0.2, 0) is 4.79 Å². The van der Waals surface area contributed by atoms with Gasteiger partial charge >= 0.3 is 6.09 Å². The molecule has 7 nitrogen and oxygen atoms in total. The lowest BCUT2D eigenvalue weighted by atomic mass is 9.98. The maximum Gasteiger partial charge on any atom is 0.407 e. The van der Waals surface area contributed by atoms with E-state index in [2.05, 4.69) is 5.10 Å². The van der Waals surface area contributed by atoms with Crippen LogP contribution in [0, 0.1) is 0 Å². The van der Waals surface area contributed by atoms with Crippen LogP contribution in [-0.4, -0.2) is 63.6 Å². The van der Waals surface area contributed by atoms with E-state index in [-0.39, 0.29) is 18.9 Å². The van der Waals surface area contributed by atoms with Crippen LogP contribution in [0.15, 0.2) is 5.10 Å². The molecule has 0 saturated heterocycles. The van der Waals surface area contributed by atoms with Crippen LogP contribution >= 0.6 is 0 Å². The number of hydrogen-bond acceptors (Lipinski definition) is 4. The average Bonchev–Trinajstić information content (AvgIpc) is 2.94. The van der Waals surface area contributed by atoms with Gasteiger partial charge in [0.15, 0.2) is 0 Å². The van der Waals surface area contributed by atoms with Crippen LogP contribution in [0.5, 0.6) is 0 Å². The predicted molar refractivity (Wildman–Crippen MR) is 72.5 cm³/mol. The molecule has 1 saturated carbocycles. The number of aliphatic hydroxyl groups is 1. The minimum absolute atomic E-state index is 0.125. The van der Waals surface area contributed by atoms with Gasteiger partial charge in [0.2, 0.25) is 5.91 Å². The highest BCUT2D eigenvalue weighted by atomic mass is 16.4. The molecule has 0 aromatic heterocycles. The Labute approximate surface area is 117 Å². The molecule has 0 atom stereocenters. The van der Waals surface area contributed by atoms with Crippen molar-refractivity contribution in [2.45, 2.75) is 44.1 Å². The van der Waals surface area contributed by atoms with Crippen molar-refractivity contribution in [3.8, 4) is 0 Å². The predicted octanol–water partition coefficient (Wildman–Crippen LogP) is 0.880. The van der Waals surface area contributed by atoms with E-state index in [0.29, 0.717) is 18.7 Å². The zero-order chi connectivity index (χ0) is 14.8. The van der Waals surface area contributed by atoms with Gasteiger partial charge in [0.25, 0.3) is 0 Å². The van der Waals surface area contributed by atoms with Gasteiger partial charge in [-0.3, -0.25) is 4.79 Å². The summed E-state index contributed by atoms with van der Waals surface area (Å²) in [6.07, 6.45) is 3.28. The molecule has 1 aliphatic heterocycles. The summed E-state index contributed by atoms with van der Waals surface area (Å²) >= 11 is 0. The summed E-state index contributed by atoms with van der Waals surface area (Å²) in [5.41, 5.74) is -0.102. The highest BCUT2D eigenvalue weighted by molar-refractivity contribution is 6.06. The van der Waals surface area contributed by atoms with Crippen LogP contribution in [0.1, 0.15) is 38.5 Å². The normalized spacial score (nSPS) is 21.2. The van der Waals surface area contributed by atoms with E-state index < -0.39 is 11.7 Å². The van der Waals surface area contributed by atoms with Gasteiger partial charge < -0.3 is 15.1 Å². The van der Waals surface area contributed by atoms with Gasteiger partial charge in [-0.2, -0.15) is 5.10 Å². The van der Waals surface area contributed by atoms with Crippen molar-refractivity contribution >= 4 is 17.7 Å². The van der Waals surface area contributed by atoms with Crippen LogP contribution in [0.4, 0.5) is 4.79 Å². The fourth-order valence-electron chi connectivity index (χ4n) is 2.73. The monoisotopic (exact) mass is 283 g/mol. The maximum atomic E-state index is 11.8. The molecule has 0 bridgehead atoms. The molecular formula is C13H21N3O4. The zero-order valence-corrected chi connectivity index (χ0v) is 11.7. The maximum absolute atomic E-state index is 11.8. The third-order valence-corrected chi connectivity index (χ3v) is 3.97. The standard InChI is InChI=1S/C13H21N3O4/c1-15(12(18)19)9-10-8-11(17)16(14-10)7-6-13(20)4-2-3-5-13/h20H,2-9H2,1H3,(H,18,19). The Morgan fingerprint density at radius 1 is 1.45 bits per heavy atom. The van der Waals surface area contributed by atoms with Crippen LogP contribution < -0.4 is 0 Å². The first-order valence-corrected chi connectivity index (χ1v) is 6.93. The lowest BCUT2D eigenvalue weighted by molar-refractivity contribution is -0.129. The van der Waals surface area contributed by atoms with Crippen molar-refractivity contribution in [3.63, 3.8) is 0 Å². The van der Waals surface area contributed by atoms with Gasteiger partial charge in [0.05, 0.1) is 24.3 Å². The summed E-state index contributed by atoms with van der Waals surface area (Å²) in [5.74, 6) is -0.125. The summed E-state index contributed by atoms with van der Waals surface area (Å²) in [5, 5.41) is 24.6. The van der Waals surface area contributed by atoms with Gasteiger partial charge in [0, 0.05) is 13.6 Å². The second-order valence-corrected chi connectivity index (χ2v) is 5.68. The van der Waals surface area contributed by atoms with Crippen molar-refractivity contribution in [2.75, 3.05) is 20.1 Å². The first-order chi connectivity index (χ1) is 9.39. The molecule has 0 spiro atoms. The molecular weight excluding hydrogens is 262 g/mol. The summed E-state index contributed by atoms with van der Waals surface area (Å²) in [4.78, 5) is 23.6. The fourth-order valence-corrected chi connectivity index (χ4v) is 2.73. The molecule has 0 aromatic rings. The minimum atomic E-state index is -1.04. The van der Waals surface area contributed by atoms with Crippen molar-refractivity contribution in [1.29, 1.82) is 0 Å². The van der Waals surface area contributed by atoms with E-state index in [0.717, 1.165) is 30.6 Å². The average molecular weight is 283 g/mol. The van der Waals surface area contributed by atoms with E-state index in [4.69, 9.17) is 5.11 Å². The Balaban J connectivity index is 1.87. The van der Waals surface area contributed by atoms with Gasteiger partial charge in [0.1, 0.15) is 0 Å². The molecule has 2 N–H and O–H groups in total. The lowest BCUT2D eigenvalue weighted by Crippen LogP contribution is -2.31.